The average Bonchev–Trinajstić information content (AvgIpc) is 3.05. The van der Waals surface area contributed by atoms with Gasteiger partial charge < -0.3 is 4.42 Å². The van der Waals surface area contributed by atoms with Gasteiger partial charge in [-0.1, -0.05) is 24.3 Å². The average molecular weight is 242 g/mol. The number of hydrogen-bond acceptors (Lipinski definition) is 3. The van der Waals surface area contributed by atoms with Crippen molar-refractivity contribution in [3.05, 3.63) is 59.5 Å². The highest BCUT2D eigenvalue weighted by molar-refractivity contribution is 5.36. The van der Waals surface area contributed by atoms with Crippen LogP contribution >= 0.6 is 0 Å². The molecule has 18 heavy (non-hydrogen) atoms. The van der Waals surface area contributed by atoms with Gasteiger partial charge in [0.25, 0.3) is 0 Å². The van der Waals surface area contributed by atoms with E-state index in [1.165, 1.54) is 11.1 Å². The number of benzene rings is 1. The maximum atomic E-state index is 5.73. The summed E-state index contributed by atoms with van der Waals surface area (Å²) in [5.74, 6) is 7.21. The molecule has 0 aliphatic heterocycles. The Hall–Kier alpha value is -1.58. The Balaban J connectivity index is 1.81. The number of nitrogens with one attached hydrogen (secondary N) is 1. The van der Waals surface area contributed by atoms with Crippen LogP contribution in [-0.2, 0) is 12.8 Å². The molecule has 1 aromatic heterocycles. The van der Waals surface area contributed by atoms with E-state index in [4.69, 9.17) is 10.3 Å². The molecule has 0 bridgehead atoms. The number of nitrogens with two attached hydrogens (primary N) is 1. The lowest BCUT2D eigenvalue weighted by molar-refractivity contribution is 0.395. The van der Waals surface area contributed by atoms with Crippen LogP contribution in [0.4, 0.5) is 0 Å². The molecule has 1 aliphatic carbocycles. The SMILES string of the molecule is NNC(Cc1ccco1)C1CCc2ccccc21. The van der Waals surface area contributed by atoms with Crippen LogP contribution in [0.1, 0.15) is 29.2 Å². The maximum Gasteiger partial charge on any atom is 0.105 e. The molecule has 0 fully saturated rings. The molecule has 2 aromatic rings. The number of fused-ring (bicyclic) bond motifs is 1. The summed E-state index contributed by atoms with van der Waals surface area (Å²) in [4.78, 5) is 0. The molecule has 0 saturated carbocycles. The second-order valence-electron chi connectivity index (χ2n) is 4.90. The van der Waals surface area contributed by atoms with Crippen molar-refractivity contribution >= 4 is 0 Å². The molecule has 1 aromatic carbocycles. The fraction of sp³-hybridized carbons (Fsp3) is 0.333. The monoisotopic (exact) mass is 242 g/mol. The van der Waals surface area contributed by atoms with E-state index in [9.17, 15) is 0 Å². The number of hydrogen-bond donors (Lipinski definition) is 2. The summed E-state index contributed by atoms with van der Waals surface area (Å²) < 4.78 is 5.42. The number of hydrazine groups is 1. The minimum atomic E-state index is 0.236. The van der Waals surface area contributed by atoms with Gasteiger partial charge in [0.15, 0.2) is 0 Å². The Kier molecular flexibility index (Phi) is 3.17. The van der Waals surface area contributed by atoms with Crippen molar-refractivity contribution in [1.82, 2.24) is 5.43 Å². The third-order valence-corrected chi connectivity index (χ3v) is 3.88. The van der Waals surface area contributed by atoms with Gasteiger partial charge in [0, 0.05) is 18.4 Å². The van der Waals surface area contributed by atoms with Crippen molar-refractivity contribution in [1.29, 1.82) is 0 Å². The van der Waals surface area contributed by atoms with E-state index in [0.29, 0.717) is 5.92 Å². The second kappa shape index (κ2) is 4.96. The smallest absolute Gasteiger partial charge is 0.105 e. The first-order chi connectivity index (χ1) is 8.88. The van der Waals surface area contributed by atoms with Crippen molar-refractivity contribution in [2.45, 2.75) is 31.2 Å². The Morgan fingerprint density at radius 2 is 2.17 bits per heavy atom. The lowest BCUT2D eigenvalue weighted by Gasteiger charge is -2.22. The van der Waals surface area contributed by atoms with E-state index in [-0.39, 0.29) is 6.04 Å². The first-order valence-electron chi connectivity index (χ1n) is 6.45. The van der Waals surface area contributed by atoms with Gasteiger partial charge in [-0.15, -0.1) is 0 Å². The van der Waals surface area contributed by atoms with E-state index >= 15 is 0 Å². The van der Waals surface area contributed by atoms with E-state index in [2.05, 4.69) is 29.7 Å². The number of furan rings is 1. The third kappa shape index (κ3) is 2.07. The van der Waals surface area contributed by atoms with Crippen LogP contribution in [0.5, 0.6) is 0 Å². The van der Waals surface area contributed by atoms with Crippen molar-refractivity contribution in [3.8, 4) is 0 Å². The van der Waals surface area contributed by atoms with Crippen LogP contribution in [0.25, 0.3) is 0 Å². The minimum Gasteiger partial charge on any atom is -0.469 e. The first-order valence-corrected chi connectivity index (χ1v) is 6.45. The molecule has 94 valence electrons. The van der Waals surface area contributed by atoms with Gasteiger partial charge in [-0.25, -0.2) is 0 Å². The zero-order valence-electron chi connectivity index (χ0n) is 10.3. The Morgan fingerprint density at radius 1 is 1.28 bits per heavy atom. The van der Waals surface area contributed by atoms with Crippen molar-refractivity contribution < 1.29 is 4.42 Å². The molecule has 2 unspecified atom stereocenters. The number of rotatable bonds is 4. The molecule has 3 rings (SSSR count). The van der Waals surface area contributed by atoms with Crippen LogP contribution in [-0.4, -0.2) is 6.04 Å². The fourth-order valence-electron chi connectivity index (χ4n) is 2.97. The highest BCUT2D eigenvalue weighted by Gasteiger charge is 2.29. The Bertz CT molecular complexity index is 507. The van der Waals surface area contributed by atoms with Gasteiger partial charge in [-0.2, -0.15) is 0 Å². The molecule has 3 nitrogen and oxygen atoms in total. The highest BCUT2D eigenvalue weighted by atomic mass is 16.3. The van der Waals surface area contributed by atoms with Crippen molar-refractivity contribution in [3.63, 3.8) is 0 Å². The van der Waals surface area contributed by atoms with Crippen LogP contribution in [0.15, 0.2) is 47.1 Å². The van der Waals surface area contributed by atoms with Crippen molar-refractivity contribution in [2.24, 2.45) is 5.84 Å². The molecule has 2 atom stereocenters. The summed E-state index contributed by atoms with van der Waals surface area (Å²) >= 11 is 0. The molecule has 0 saturated heterocycles. The lowest BCUT2D eigenvalue weighted by atomic mass is 9.91. The lowest BCUT2D eigenvalue weighted by Crippen LogP contribution is -2.40. The van der Waals surface area contributed by atoms with Gasteiger partial charge >= 0.3 is 0 Å². The van der Waals surface area contributed by atoms with Gasteiger partial charge in [0.05, 0.1) is 6.26 Å². The molecule has 3 heteroatoms. The fourth-order valence-corrected chi connectivity index (χ4v) is 2.97. The van der Waals surface area contributed by atoms with Gasteiger partial charge in [0.1, 0.15) is 5.76 Å². The van der Waals surface area contributed by atoms with Crippen LogP contribution in [0.2, 0.25) is 0 Å². The predicted octanol–water partition coefficient (Wildman–Crippen LogP) is 2.38. The quantitative estimate of drug-likeness (QED) is 0.639. The van der Waals surface area contributed by atoms with Gasteiger partial charge in [-0.3, -0.25) is 11.3 Å². The molecule has 1 heterocycles. The molecule has 1 aliphatic rings. The first kappa shape index (κ1) is 11.5. The zero-order chi connectivity index (χ0) is 12.4. The van der Waals surface area contributed by atoms with Crippen LogP contribution in [0.3, 0.4) is 0 Å². The van der Waals surface area contributed by atoms with Crippen LogP contribution < -0.4 is 11.3 Å². The van der Waals surface area contributed by atoms with Crippen molar-refractivity contribution in [2.75, 3.05) is 0 Å². The molecule has 3 N–H and O–H groups in total. The maximum absolute atomic E-state index is 5.73. The minimum absolute atomic E-state index is 0.236. The largest absolute Gasteiger partial charge is 0.469 e. The van der Waals surface area contributed by atoms with Gasteiger partial charge in [-0.05, 0) is 36.1 Å². The van der Waals surface area contributed by atoms with E-state index < -0.39 is 0 Å². The predicted molar refractivity (Wildman–Crippen MR) is 71.0 cm³/mol. The van der Waals surface area contributed by atoms with E-state index in [1.54, 1.807) is 6.26 Å². The highest BCUT2D eigenvalue weighted by Crippen LogP contribution is 2.36. The summed E-state index contributed by atoms with van der Waals surface area (Å²) in [5.41, 5.74) is 5.86. The number of aryl methyl sites for hydroxylation is 1. The standard InChI is InChI=1S/C15H18N2O/c16-17-15(10-12-5-3-9-18-12)14-8-7-11-4-1-2-6-13(11)14/h1-6,9,14-15,17H,7-8,10,16H2. The van der Waals surface area contributed by atoms with E-state index in [0.717, 1.165) is 25.0 Å². The molecular formula is C15H18N2O. The second-order valence-corrected chi connectivity index (χ2v) is 4.90. The third-order valence-electron chi connectivity index (χ3n) is 3.88. The molecule has 0 radical (unpaired) electrons. The normalized spacial score (nSPS) is 19.7. The summed E-state index contributed by atoms with van der Waals surface area (Å²) in [6.07, 6.45) is 4.86. The summed E-state index contributed by atoms with van der Waals surface area (Å²) in [7, 11) is 0. The molecular weight excluding hydrogens is 224 g/mol. The molecule has 0 spiro atoms. The Morgan fingerprint density at radius 3 is 2.94 bits per heavy atom. The molecule has 0 amide bonds. The van der Waals surface area contributed by atoms with Crippen LogP contribution in [0, 0.1) is 0 Å². The summed E-state index contributed by atoms with van der Waals surface area (Å²) in [6, 6.07) is 12.8. The van der Waals surface area contributed by atoms with E-state index in [1.807, 2.05) is 12.1 Å². The summed E-state index contributed by atoms with van der Waals surface area (Å²) in [5, 5.41) is 0. The summed E-state index contributed by atoms with van der Waals surface area (Å²) in [6.45, 7) is 0. The van der Waals surface area contributed by atoms with Gasteiger partial charge in [0.2, 0.25) is 0 Å². The Labute approximate surface area is 107 Å². The zero-order valence-corrected chi connectivity index (χ0v) is 10.3. The topological polar surface area (TPSA) is 51.2 Å².